The van der Waals surface area contributed by atoms with E-state index in [1.54, 1.807) is 42.5 Å². The molecule has 0 aromatic heterocycles. The molecule has 5 nitrogen and oxygen atoms in total. The van der Waals surface area contributed by atoms with Crippen LogP contribution in [0.2, 0.25) is 10.0 Å². The molecule has 2 N–H and O–H groups in total. The Morgan fingerprint density at radius 1 is 0.960 bits per heavy atom. The Balaban J connectivity index is 1.76. The second-order valence-electron chi connectivity index (χ2n) is 5.79. The molecular formula is C18H16Cl2N2O3. The van der Waals surface area contributed by atoms with Crippen molar-refractivity contribution in [2.24, 2.45) is 5.41 Å². The third-order valence-corrected chi connectivity index (χ3v) is 4.99. The van der Waals surface area contributed by atoms with Crippen LogP contribution in [0.1, 0.15) is 12.8 Å². The Morgan fingerprint density at radius 2 is 1.56 bits per heavy atom. The van der Waals surface area contributed by atoms with Gasteiger partial charge in [-0.25, -0.2) is 0 Å². The van der Waals surface area contributed by atoms with Gasteiger partial charge in [-0.15, -0.1) is 0 Å². The molecule has 3 rings (SSSR count). The fourth-order valence-corrected chi connectivity index (χ4v) is 2.86. The first-order valence-corrected chi connectivity index (χ1v) is 8.43. The summed E-state index contributed by atoms with van der Waals surface area (Å²) in [6.45, 7) is 0. The lowest BCUT2D eigenvalue weighted by Crippen LogP contribution is -2.35. The van der Waals surface area contributed by atoms with Crippen molar-refractivity contribution in [3.63, 3.8) is 0 Å². The molecule has 1 saturated carbocycles. The summed E-state index contributed by atoms with van der Waals surface area (Å²) in [6.07, 6.45) is 0.940. The van der Waals surface area contributed by atoms with Gasteiger partial charge in [0.2, 0.25) is 11.8 Å². The molecule has 2 aromatic rings. The third-order valence-electron chi connectivity index (χ3n) is 4.17. The second-order valence-corrected chi connectivity index (χ2v) is 6.58. The van der Waals surface area contributed by atoms with E-state index in [-0.39, 0.29) is 10.9 Å². The monoisotopic (exact) mass is 378 g/mol. The van der Waals surface area contributed by atoms with Gasteiger partial charge in [0.15, 0.2) is 0 Å². The number of halogens is 2. The average Bonchev–Trinajstić information content (AvgIpc) is 3.41. The van der Waals surface area contributed by atoms with E-state index in [2.05, 4.69) is 10.6 Å². The summed E-state index contributed by atoms with van der Waals surface area (Å²) >= 11 is 12.0. The number of carbonyl (C=O) groups is 2. The van der Waals surface area contributed by atoms with Crippen molar-refractivity contribution in [1.29, 1.82) is 0 Å². The van der Waals surface area contributed by atoms with E-state index in [9.17, 15) is 9.59 Å². The Hall–Kier alpha value is -2.24. The van der Waals surface area contributed by atoms with E-state index in [0.29, 0.717) is 35.0 Å². The SMILES string of the molecule is COc1ccccc1NC(=O)C1(C(=O)Nc2cccc(Cl)c2Cl)CC1. The van der Waals surface area contributed by atoms with Crippen molar-refractivity contribution in [1.82, 2.24) is 0 Å². The maximum absolute atomic E-state index is 12.7. The molecule has 2 aromatic carbocycles. The van der Waals surface area contributed by atoms with Gasteiger partial charge in [-0.3, -0.25) is 9.59 Å². The molecule has 0 spiro atoms. The number of hydrogen-bond donors (Lipinski definition) is 2. The predicted molar refractivity (Wildman–Crippen MR) is 98.4 cm³/mol. The molecule has 7 heteroatoms. The number of para-hydroxylation sites is 2. The molecule has 0 unspecified atom stereocenters. The van der Waals surface area contributed by atoms with Crippen LogP contribution in [0, 0.1) is 5.41 Å². The largest absolute Gasteiger partial charge is 0.495 e. The fraction of sp³-hybridized carbons (Fsp3) is 0.222. The molecule has 1 aliphatic carbocycles. The number of amides is 2. The fourth-order valence-electron chi connectivity index (χ4n) is 2.51. The van der Waals surface area contributed by atoms with Gasteiger partial charge >= 0.3 is 0 Å². The highest BCUT2D eigenvalue weighted by Crippen LogP contribution is 2.48. The Bertz CT molecular complexity index is 835. The van der Waals surface area contributed by atoms with Crippen LogP contribution in [0.25, 0.3) is 0 Å². The van der Waals surface area contributed by atoms with Gasteiger partial charge in [0.05, 0.1) is 28.5 Å². The van der Waals surface area contributed by atoms with E-state index < -0.39 is 11.3 Å². The highest BCUT2D eigenvalue weighted by atomic mass is 35.5. The third kappa shape index (κ3) is 3.43. The van der Waals surface area contributed by atoms with Crippen LogP contribution in [0.4, 0.5) is 11.4 Å². The van der Waals surface area contributed by atoms with Crippen molar-refractivity contribution in [2.45, 2.75) is 12.8 Å². The van der Waals surface area contributed by atoms with E-state index in [1.807, 2.05) is 0 Å². The molecule has 1 aliphatic rings. The van der Waals surface area contributed by atoms with Gasteiger partial charge in [-0.1, -0.05) is 41.4 Å². The van der Waals surface area contributed by atoms with Crippen LogP contribution in [0.5, 0.6) is 5.75 Å². The Morgan fingerprint density at radius 3 is 2.20 bits per heavy atom. The van der Waals surface area contributed by atoms with E-state index >= 15 is 0 Å². The smallest absolute Gasteiger partial charge is 0.240 e. The Labute approximate surface area is 155 Å². The van der Waals surface area contributed by atoms with E-state index in [1.165, 1.54) is 7.11 Å². The molecule has 0 radical (unpaired) electrons. The number of benzene rings is 2. The number of hydrogen-bond acceptors (Lipinski definition) is 3. The van der Waals surface area contributed by atoms with Gasteiger partial charge < -0.3 is 15.4 Å². The minimum absolute atomic E-state index is 0.249. The molecule has 0 atom stereocenters. The summed E-state index contributed by atoms with van der Waals surface area (Å²) < 4.78 is 5.22. The van der Waals surface area contributed by atoms with Crippen LogP contribution in [0.3, 0.4) is 0 Å². The van der Waals surface area contributed by atoms with Crippen molar-refractivity contribution >= 4 is 46.4 Å². The van der Waals surface area contributed by atoms with Gasteiger partial charge in [0.25, 0.3) is 0 Å². The van der Waals surface area contributed by atoms with Crippen LogP contribution in [0.15, 0.2) is 42.5 Å². The highest BCUT2D eigenvalue weighted by Gasteiger charge is 2.56. The van der Waals surface area contributed by atoms with Gasteiger partial charge in [-0.2, -0.15) is 0 Å². The lowest BCUT2D eigenvalue weighted by Gasteiger charge is -2.17. The number of anilines is 2. The van der Waals surface area contributed by atoms with Gasteiger partial charge in [0, 0.05) is 0 Å². The first kappa shape index (κ1) is 17.6. The maximum atomic E-state index is 12.7. The quantitative estimate of drug-likeness (QED) is 0.759. The number of ether oxygens (including phenoxy) is 1. The standard InChI is InChI=1S/C18H16Cl2N2O3/c1-25-14-8-3-2-6-12(14)21-16(23)18(9-10-18)17(24)22-13-7-4-5-11(19)15(13)20/h2-8H,9-10H2,1H3,(H,21,23)(H,22,24). The lowest BCUT2D eigenvalue weighted by atomic mass is 10.0. The van der Waals surface area contributed by atoms with E-state index in [4.69, 9.17) is 27.9 Å². The first-order chi connectivity index (χ1) is 12.0. The summed E-state index contributed by atoms with van der Waals surface area (Å²) in [5.41, 5.74) is -0.197. The van der Waals surface area contributed by atoms with Crippen molar-refractivity contribution in [3.05, 3.63) is 52.5 Å². The minimum Gasteiger partial charge on any atom is -0.495 e. The number of rotatable bonds is 5. The summed E-state index contributed by atoms with van der Waals surface area (Å²) in [6, 6.07) is 12.0. The number of methoxy groups -OCH3 is 1. The molecule has 1 fully saturated rings. The van der Waals surface area contributed by atoms with Crippen LogP contribution < -0.4 is 15.4 Å². The molecule has 2 amide bonds. The second kappa shape index (κ2) is 6.94. The zero-order valence-corrected chi connectivity index (χ0v) is 14.9. The van der Waals surface area contributed by atoms with Gasteiger partial charge in [0.1, 0.15) is 11.2 Å². The highest BCUT2D eigenvalue weighted by molar-refractivity contribution is 6.44. The maximum Gasteiger partial charge on any atom is 0.240 e. The summed E-state index contributed by atoms with van der Waals surface area (Å²) in [5, 5.41) is 6.06. The predicted octanol–water partition coefficient (Wildman–Crippen LogP) is 4.36. The molecule has 130 valence electrons. The zero-order valence-electron chi connectivity index (χ0n) is 13.4. The molecule has 0 bridgehead atoms. The molecule has 0 aliphatic heterocycles. The van der Waals surface area contributed by atoms with Crippen molar-refractivity contribution in [3.8, 4) is 5.75 Å². The summed E-state index contributed by atoms with van der Waals surface area (Å²) in [4.78, 5) is 25.3. The molecular weight excluding hydrogens is 363 g/mol. The normalized spacial score (nSPS) is 14.5. The first-order valence-electron chi connectivity index (χ1n) is 7.68. The molecule has 0 heterocycles. The topological polar surface area (TPSA) is 67.4 Å². The zero-order chi connectivity index (χ0) is 18.0. The summed E-state index contributed by atoms with van der Waals surface area (Å²) in [7, 11) is 1.52. The van der Waals surface area contributed by atoms with Gasteiger partial charge in [-0.05, 0) is 37.1 Å². The number of carbonyl (C=O) groups excluding carboxylic acids is 2. The van der Waals surface area contributed by atoms with Crippen LogP contribution in [-0.2, 0) is 9.59 Å². The van der Waals surface area contributed by atoms with Crippen molar-refractivity contribution in [2.75, 3.05) is 17.7 Å². The van der Waals surface area contributed by atoms with Crippen LogP contribution in [-0.4, -0.2) is 18.9 Å². The Kier molecular flexibility index (Phi) is 4.88. The van der Waals surface area contributed by atoms with Crippen molar-refractivity contribution < 1.29 is 14.3 Å². The number of nitrogens with one attached hydrogen (secondary N) is 2. The lowest BCUT2D eigenvalue weighted by molar-refractivity contribution is -0.131. The molecule has 0 saturated heterocycles. The average molecular weight is 379 g/mol. The summed E-state index contributed by atoms with van der Waals surface area (Å²) in [5.74, 6) is -0.235. The molecule has 25 heavy (non-hydrogen) atoms. The van der Waals surface area contributed by atoms with E-state index in [0.717, 1.165) is 0 Å². The van der Waals surface area contributed by atoms with Crippen LogP contribution >= 0.6 is 23.2 Å². The minimum atomic E-state index is -1.10.